The smallest absolute Gasteiger partial charge is 0.251 e. The topological polar surface area (TPSA) is 47.6 Å². The first-order valence-corrected chi connectivity index (χ1v) is 7.69. The van der Waals surface area contributed by atoms with Gasteiger partial charge < -0.3 is 14.8 Å². The molecule has 0 heterocycles. The molecule has 1 amide bonds. The van der Waals surface area contributed by atoms with Crippen molar-refractivity contribution in [1.82, 2.24) is 5.32 Å². The average Bonchev–Trinajstić information content (AvgIpc) is 2.65. The fraction of sp³-hybridized carbons (Fsp3) is 0.150. The molecule has 0 aromatic heterocycles. The van der Waals surface area contributed by atoms with Gasteiger partial charge in [0.2, 0.25) is 0 Å². The Bertz CT molecular complexity index is 874. The number of rotatable bonds is 5. The number of benzene rings is 3. The molecule has 0 unspecified atom stereocenters. The van der Waals surface area contributed by atoms with Crippen molar-refractivity contribution in [3.63, 3.8) is 0 Å². The van der Waals surface area contributed by atoms with Crippen molar-refractivity contribution in [2.45, 2.75) is 6.54 Å². The average molecular weight is 321 g/mol. The first-order chi connectivity index (χ1) is 11.7. The van der Waals surface area contributed by atoms with Gasteiger partial charge in [-0.05, 0) is 41.1 Å². The summed E-state index contributed by atoms with van der Waals surface area (Å²) in [6.07, 6.45) is 0. The molecule has 0 radical (unpaired) electrons. The number of amides is 1. The molecule has 0 saturated carbocycles. The highest BCUT2D eigenvalue weighted by Crippen LogP contribution is 2.22. The summed E-state index contributed by atoms with van der Waals surface area (Å²) in [6, 6.07) is 19.1. The highest BCUT2D eigenvalue weighted by atomic mass is 16.5. The maximum atomic E-state index is 12.4. The number of methoxy groups -OCH3 is 2. The van der Waals surface area contributed by atoms with Crippen LogP contribution in [0.2, 0.25) is 0 Å². The van der Waals surface area contributed by atoms with Crippen LogP contribution >= 0.6 is 0 Å². The molecule has 3 rings (SSSR count). The van der Waals surface area contributed by atoms with E-state index in [1.54, 1.807) is 14.2 Å². The summed E-state index contributed by atoms with van der Waals surface area (Å²) in [5.74, 6) is 1.46. The van der Waals surface area contributed by atoms with E-state index >= 15 is 0 Å². The first-order valence-electron chi connectivity index (χ1n) is 7.69. The van der Waals surface area contributed by atoms with Crippen LogP contribution in [0.4, 0.5) is 0 Å². The van der Waals surface area contributed by atoms with Crippen molar-refractivity contribution >= 4 is 16.7 Å². The third kappa shape index (κ3) is 3.33. The van der Waals surface area contributed by atoms with E-state index < -0.39 is 0 Å². The lowest BCUT2D eigenvalue weighted by molar-refractivity contribution is 0.0951. The Kier molecular flexibility index (Phi) is 4.66. The van der Waals surface area contributed by atoms with Gasteiger partial charge in [-0.1, -0.05) is 30.3 Å². The Morgan fingerprint density at radius 1 is 0.917 bits per heavy atom. The van der Waals surface area contributed by atoms with Gasteiger partial charge in [0.1, 0.15) is 11.5 Å². The molecule has 0 saturated heterocycles. The Hall–Kier alpha value is -3.01. The zero-order valence-corrected chi connectivity index (χ0v) is 13.7. The number of fused-ring (bicyclic) bond motifs is 1. The summed E-state index contributed by atoms with van der Waals surface area (Å²) in [4.78, 5) is 12.4. The highest BCUT2D eigenvalue weighted by molar-refractivity contribution is 5.98. The zero-order chi connectivity index (χ0) is 16.9. The second-order valence-electron chi connectivity index (χ2n) is 5.42. The fourth-order valence-corrected chi connectivity index (χ4v) is 2.62. The Labute approximate surface area is 141 Å². The van der Waals surface area contributed by atoms with Gasteiger partial charge in [0.05, 0.1) is 14.2 Å². The largest absolute Gasteiger partial charge is 0.497 e. The molecule has 0 bridgehead atoms. The number of para-hydroxylation sites is 1. The number of carbonyl (C=O) groups excluding carboxylic acids is 1. The van der Waals surface area contributed by atoms with Crippen LogP contribution in [0, 0.1) is 0 Å². The van der Waals surface area contributed by atoms with E-state index in [4.69, 9.17) is 9.47 Å². The Morgan fingerprint density at radius 3 is 2.46 bits per heavy atom. The van der Waals surface area contributed by atoms with Crippen LogP contribution in [-0.2, 0) is 6.54 Å². The van der Waals surface area contributed by atoms with E-state index in [9.17, 15) is 4.79 Å². The van der Waals surface area contributed by atoms with Crippen LogP contribution in [-0.4, -0.2) is 20.1 Å². The van der Waals surface area contributed by atoms with Crippen LogP contribution < -0.4 is 14.8 Å². The van der Waals surface area contributed by atoms with Gasteiger partial charge in [-0.3, -0.25) is 4.79 Å². The minimum absolute atomic E-state index is 0.112. The van der Waals surface area contributed by atoms with Gasteiger partial charge in [-0.25, -0.2) is 0 Å². The molecule has 0 spiro atoms. The van der Waals surface area contributed by atoms with E-state index in [1.165, 1.54) is 0 Å². The second kappa shape index (κ2) is 7.04. The van der Waals surface area contributed by atoms with Crippen molar-refractivity contribution in [3.05, 3.63) is 71.8 Å². The molecule has 0 aliphatic heterocycles. The summed E-state index contributed by atoms with van der Waals surface area (Å²) in [5, 5.41) is 4.97. The summed E-state index contributed by atoms with van der Waals surface area (Å²) in [6.45, 7) is 0.420. The minimum Gasteiger partial charge on any atom is -0.497 e. The number of hydrogen-bond donors (Lipinski definition) is 1. The SMILES string of the molecule is COc1ccc2cc(C(=O)NCc3ccccc3OC)ccc2c1. The predicted molar refractivity (Wildman–Crippen MR) is 94.7 cm³/mol. The van der Waals surface area contributed by atoms with E-state index in [1.807, 2.05) is 60.7 Å². The summed E-state index contributed by atoms with van der Waals surface area (Å²) >= 11 is 0. The minimum atomic E-state index is -0.112. The summed E-state index contributed by atoms with van der Waals surface area (Å²) in [5.41, 5.74) is 1.57. The molecule has 3 aromatic rings. The molecule has 0 aliphatic carbocycles. The van der Waals surface area contributed by atoms with E-state index in [0.717, 1.165) is 27.8 Å². The van der Waals surface area contributed by atoms with Gasteiger partial charge in [0, 0.05) is 17.7 Å². The van der Waals surface area contributed by atoms with E-state index in [0.29, 0.717) is 12.1 Å². The summed E-state index contributed by atoms with van der Waals surface area (Å²) < 4.78 is 10.5. The number of hydrogen-bond acceptors (Lipinski definition) is 3. The van der Waals surface area contributed by atoms with Crippen molar-refractivity contribution in [1.29, 1.82) is 0 Å². The van der Waals surface area contributed by atoms with Crippen molar-refractivity contribution < 1.29 is 14.3 Å². The second-order valence-corrected chi connectivity index (χ2v) is 5.42. The Balaban J connectivity index is 1.76. The van der Waals surface area contributed by atoms with Crippen LogP contribution in [0.25, 0.3) is 10.8 Å². The molecule has 0 atom stereocenters. The number of ether oxygens (including phenoxy) is 2. The zero-order valence-electron chi connectivity index (χ0n) is 13.7. The van der Waals surface area contributed by atoms with Gasteiger partial charge in [0.25, 0.3) is 5.91 Å². The Morgan fingerprint density at radius 2 is 1.67 bits per heavy atom. The van der Waals surface area contributed by atoms with Crippen LogP contribution in [0.3, 0.4) is 0 Å². The van der Waals surface area contributed by atoms with Crippen molar-refractivity contribution in [2.24, 2.45) is 0 Å². The van der Waals surface area contributed by atoms with Gasteiger partial charge in [0.15, 0.2) is 0 Å². The predicted octanol–water partition coefficient (Wildman–Crippen LogP) is 3.79. The van der Waals surface area contributed by atoms with Crippen LogP contribution in [0.15, 0.2) is 60.7 Å². The molecular formula is C20H19NO3. The summed E-state index contributed by atoms with van der Waals surface area (Å²) in [7, 11) is 3.26. The van der Waals surface area contributed by atoms with Crippen LogP contribution in [0.1, 0.15) is 15.9 Å². The highest BCUT2D eigenvalue weighted by Gasteiger charge is 2.08. The molecule has 1 N–H and O–H groups in total. The fourth-order valence-electron chi connectivity index (χ4n) is 2.62. The maximum absolute atomic E-state index is 12.4. The van der Waals surface area contributed by atoms with E-state index in [2.05, 4.69) is 5.32 Å². The molecule has 24 heavy (non-hydrogen) atoms. The van der Waals surface area contributed by atoms with Gasteiger partial charge in [-0.2, -0.15) is 0 Å². The first kappa shape index (κ1) is 15.9. The quantitative estimate of drug-likeness (QED) is 0.778. The molecular weight excluding hydrogens is 302 g/mol. The normalized spacial score (nSPS) is 10.4. The van der Waals surface area contributed by atoms with E-state index in [-0.39, 0.29) is 5.91 Å². The molecule has 122 valence electrons. The van der Waals surface area contributed by atoms with Crippen LogP contribution in [0.5, 0.6) is 11.5 Å². The standard InChI is InChI=1S/C20H19NO3/c1-23-18-10-9-14-11-16(8-7-15(14)12-18)20(22)21-13-17-5-3-4-6-19(17)24-2/h3-12H,13H2,1-2H3,(H,21,22). The molecule has 4 nitrogen and oxygen atoms in total. The molecule has 3 aromatic carbocycles. The molecule has 0 fully saturated rings. The molecule has 4 heteroatoms. The third-order valence-electron chi connectivity index (χ3n) is 3.94. The van der Waals surface area contributed by atoms with Gasteiger partial charge in [-0.15, -0.1) is 0 Å². The monoisotopic (exact) mass is 321 g/mol. The van der Waals surface area contributed by atoms with Crippen molar-refractivity contribution in [2.75, 3.05) is 14.2 Å². The molecule has 0 aliphatic rings. The van der Waals surface area contributed by atoms with Crippen molar-refractivity contribution in [3.8, 4) is 11.5 Å². The third-order valence-corrected chi connectivity index (χ3v) is 3.94. The lowest BCUT2D eigenvalue weighted by Gasteiger charge is -2.10. The van der Waals surface area contributed by atoms with Gasteiger partial charge >= 0.3 is 0 Å². The number of carbonyl (C=O) groups is 1. The lowest BCUT2D eigenvalue weighted by atomic mass is 10.1. The lowest BCUT2D eigenvalue weighted by Crippen LogP contribution is -2.23. The number of nitrogens with one attached hydrogen (secondary N) is 1. The maximum Gasteiger partial charge on any atom is 0.251 e.